The molecule has 2 nitrogen and oxygen atoms in total. The fourth-order valence-corrected chi connectivity index (χ4v) is 1.65. The lowest BCUT2D eigenvalue weighted by Crippen LogP contribution is -2.30. The lowest BCUT2D eigenvalue weighted by atomic mass is 10.1. The van der Waals surface area contributed by atoms with E-state index in [9.17, 15) is 0 Å². The summed E-state index contributed by atoms with van der Waals surface area (Å²) in [5.41, 5.74) is 0. The molecule has 16 heavy (non-hydrogen) atoms. The molecule has 0 radical (unpaired) electrons. The van der Waals surface area contributed by atoms with E-state index in [1.807, 2.05) is 0 Å². The molecule has 0 unspecified atom stereocenters. The van der Waals surface area contributed by atoms with E-state index < -0.39 is 0 Å². The average molecular weight is 215 g/mol. The Morgan fingerprint density at radius 1 is 0.750 bits per heavy atom. The molecule has 3 rings (SSSR count). The molecule has 1 aliphatic heterocycles. The van der Waals surface area contributed by atoms with Gasteiger partial charge >= 0.3 is 0 Å². The highest BCUT2D eigenvalue weighted by molar-refractivity contribution is 5.81. The third-order valence-corrected chi connectivity index (χ3v) is 2.51. The monoisotopic (exact) mass is 215 g/mol. The van der Waals surface area contributed by atoms with Crippen molar-refractivity contribution in [2.24, 2.45) is 0 Å². The van der Waals surface area contributed by atoms with Crippen molar-refractivity contribution in [2.75, 3.05) is 26.3 Å². The Balaban J connectivity index is 0.000000138. The van der Waals surface area contributed by atoms with Crippen LogP contribution in [-0.4, -0.2) is 26.3 Å². The number of ether oxygens (including phenoxy) is 1. The molecule has 0 atom stereocenters. The first-order valence-electron chi connectivity index (χ1n) is 5.69. The standard InChI is InChI=1S/C10H8.C4H9NO/c1-2-6-10-8-4-3-7-9(10)5-1;1-3-6-4-2-5-1/h1-8H;5H,1-4H2. The summed E-state index contributed by atoms with van der Waals surface area (Å²) in [6.45, 7) is 3.83. The Kier molecular flexibility index (Phi) is 4.35. The van der Waals surface area contributed by atoms with Gasteiger partial charge in [-0.25, -0.2) is 0 Å². The van der Waals surface area contributed by atoms with Crippen molar-refractivity contribution in [3.63, 3.8) is 0 Å². The molecule has 84 valence electrons. The Hall–Kier alpha value is -1.38. The number of hydrogen-bond acceptors (Lipinski definition) is 2. The van der Waals surface area contributed by atoms with E-state index in [1.54, 1.807) is 0 Å². The van der Waals surface area contributed by atoms with Gasteiger partial charge in [0.25, 0.3) is 0 Å². The normalized spacial score (nSPS) is 15.2. The summed E-state index contributed by atoms with van der Waals surface area (Å²) >= 11 is 0. The highest BCUT2D eigenvalue weighted by Gasteiger charge is 1.93. The van der Waals surface area contributed by atoms with Crippen LogP contribution in [0.2, 0.25) is 0 Å². The average Bonchev–Trinajstić information content (AvgIpc) is 2.42. The minimum atomic E-state index is 0.889. The second-order valence-corrected chi connectivity index (χ2v) is 3.71. The van der Waals surface area contributed by atoms with Gasteiger partial charge in [0, 0.05) is 13.1 Å². The predicted molar refractivity (Wildman–Crippen MR) is 67.6 cm³/mol. The molecule has 1 N–H and O–H groups in total. The zero-order valence-electron chi connectivity index (χ0n) is 9.36. The highest BCUT2D eigenvalue weighted by Crippen LogP contribution is 2.11. The minimum absolute atomic E-state index is 0.889. The molecule has 1 fully saturated rings. The highest BCUT2D eigenvalue weighted by atomic mass is 16.5. The fraction of sp³-hybridized carbons (Fsp3) is 0.286. The first-order valence-corrected chi connectivity index (χ1v) is 5.69. The van der Waals surface area contributed by atoms with Crippen LogP contribution in [0.4, 0.5) is 0 Å². The molecule has 1 saturated heterocycles. The van der Waals surface area contributed by atoms with Crippen molar-refractivity contribution in [1.82, 2.24) is 5.32 Å². The maximum atomic E-state index is 5.01. The van der Waals surface area contributed by atoms with Crippen molar-refractivity contribution in [3.05, 3.63) is 48.5 Å². The zero-order chi connectivity index (χ0) is 11.1. The lowest BCUT2D eigenvalue weighted by Gasteiger charge is -2.10. The van der Waals surface area contributed by atoms with Crippen molar-refractivity contribution in [2.45, 2.75) is 0 Å². The van der Waals surface area contributed by atoms with Crippen LogP contribution in [0.25, 0.3) is 10.8 Å². The summed E-state index contributed by atoms with van der Waals surface area (Å²) in [4.78, 5) is 0. The van der Waals surface area contributed by atoms with E-state index in [4.69, 9.17) is 4.74 Å². The van der Waals surface area contributed by atoms with Crippen LogP contribution < -0.4 is 5.32 Å². The predicted octanol–water partition coefficient (Wildman–Crippen LogP) is 2.45. The topological polar surface area (TPSA) is 21.3 Å². The van der Waals surface area contributed by atoms with Crippen molar-refractivity contribution >= 4 is 10.8 Å². The van der Waals surface area contributed by atoms with Crippen molar-refractivity contribution < 1.29 is 4.74 Å². The molecule has 0 amide bonds. The van der Waals surface area contributed by atoms with Gasteiger partial charge in [-0.05, 0) is 10.8 Å². The molecule has 0 aromatic heterocycles. The molecular weight excluding hydrogens is 198 g/mol. The van der Waals surface area contributed by atoms with Gasteiger partial charge in [0.15, 0.2) is 0 Å². The summed E-state index contributed by atoms with van der Waals surface area (Å²) in [6.07, 6.45) is 0. The molecule has 2 aromatic rings. The van der Waals surface area contributed by atoms with E-state index in [0.717, 1.165) is 26.3 Å². The SMILES string of the molecule is C1COCCN1.c1ccc2ccccc2c1. The summed E-state index contributed by atoms with van der Waals surface area (Å²) < 4.78 is 5.01. The van der Waals surface area contributed by atoms with E-state index in [0.29, 0.717) is 0 Å². The van der Waals surface area contributed by atoms with Gasteiger partial charge in [0.2, 0.25) is 0 Å². The summed E-state index contributed by atoms with van der Waals surface area (Å²) in [6, 6.07) is 16.7. The Bertz CT molecular complexity index is 347. The third-order valence-electron chi connectivity index (χ3n) is 2.51. The van der Waals surface area contributed by atoms with E-state index in [2.05, 4.69) is 53.8 Å². The number of benzene rings is 2. The Morgan fingerprint density at radius 2 is 1.19 bits per heavy atom. The molecule has 1 heterocycles. The number of nitrogens with one attached hydrogen (secondary N) is 1. The third kappa shape index (κ3) is 3.33. The first kappa shape index (κ1) is 11.1. The van der Waals surface area contributed by atoms with E-state index in [1.165, 1.54) is 10.8 Å². The Morgan fingerprint density at radius 3 is 1.44 bits per heavy atom. The van der Waals surface area contributed by atoms with Crippen LogP contribution >= 0.6 is 0 Å². The van der Waals surface area contributed by atoms with Crippen LogP contribution in [0.15, 0.2) is 48.5 Å². The summed E-state index contributed by atoms with van der Waals surface area (Å²) in [5.74, 6) is 0. The van der Waals surface area contributed by atoms with Gasteiger partial charge < -0.3 is 10.1 Å². The molecule has 0 aliphatic carbocycles. The van der Waals surface area contributed by atoms with Gasteiger partial charge in [0.05, 0.1) is 13.2 Å². The molecule has 2 aromatic carbocycles. The van der Waals surface area contributed by atoms with E-state index in [-0.39, 0.29) is 0 Å². The summed E-state index contributed by atoms with van der Waals surface area (Å²) in [7, 11) is 0. The summed E-state index contributed by atoms with van der Waals surface area (Å²) in [5, 5.41) is 5.78. The fourth-order valence-electron chi connectivity index (χ4n) is 1.65. The second-order valence-electron chi connectivity index (χ2n) is 3.71. The van der Waals surface area contributed by atoms with Crippen molar-refractivity contribution in [3.8, 4) is 0 Å². The molecule has 0 spiro atoms. The van der Waals surface area contributed by atoms with Gasteiger partial charge in [0.1, 0.15) is 0 Å². The van der Waals surface area contributed by atoms with Gasteiger partial charge in [-0.2, -0.15) is 0 Å². The Labute approximate surface area is 96.2 Å². The number of rotatable bonds is 0. The van der Waals surface area contributed by atoms with Gasteiger partial charge in [-0.15, -0.1) is 0 Å². The van der Waals surface area contributed by atoms with Crippen LogP contribution in [0.5, 0.6) is 0 Å². The van der Waals surface area contributed by atoms with Crippen LogP contribution in [0.3, 0.4) is 0 Å². The van der Waals surface area contributed by atoms with Crippen LogP contribution in [-0.2, 0) is 4.74 Å². The van der Waals surface area contributed by atoms with E-state index >= 15 is 0 Å². The smallest absolute Gasteiger partial charge is 0.0591 e. The maximum Gasteiger partial charge on any atom is 0.0591 e. The van der Waals surface area contributed by atoms with Crippen molar-refractivity contribution in [1.29, 1.82) is 0 Å². The molecule has 2 heteroatoms. The second kappa shape index (κ2) is 6.26. The maximum absolute atomic E-state index is 5.01. The molecule has 0 saturated carbocycles. The number of fused-ring (bicyclic) bond motifs is 1. The first-order chi connectivity index (χ1) is 7.97. The largest absolute Gasteiger partial charge is 0.379 e. The molecule has 0 bridgehead atoms. The van der Waals surface area contributed by atoms with Crippen LogP contribution in [0.1, 0.15) is 0 Å². The van der Waals surface area contributed by atoms with Crippen LogP contribution in [0, 0.1) is 0 Å². The quantitative estimate of drug-likeness (QED) is 0.729. The minimum Gasteiger partial charge on any atom is -0.379 e. The number of morpholine rings is 1. The lowest BCUT2D eigenvalue weighted by molar-refractivity contribution is 0.109. The van der Waals surface area contributed by atoms with Gasteiger partial charge in [-0.3, -0.25) is 0 Å². The van der Waals surface area contributed by atoms with Gasteiger partial charge in [-0.1, -0.05) is 48.5 Å². The molecule has 1 aliphatic rings. The molecular formula is C14H17NO. The zero-order valence-corrected chi connectivity index (χ0v) is 9.36. The number of hydrogen-bond donors (Lipinski definition) is 1.